The molecule has 0 bridgehead atoms. The number of fused-ring (bicyclic) bond motifs is 1. The summed E-state index contributed by atoms with van der Waals surface area (Å²) in [6.45, 7) is 4.05. The summed E-state index contributed by atoms with van der Waals surface area (Å²) in [5.74, 6) is -0.441. The minimum absolute atomic E-state index is 0.0884. The molecule has 0 spiro atoms. The second kappa shape index (κ2) is 7.79. The van der Waals surface area contributed by atoms with E-state index in [0.717, 1.165) is 10.1 Å². The molecule has 1 aromatic carbocycles. The number of nitrogens with zero attached hydrogens (tertiary/aromatic N) is 3. The Morgan fingerprint density at radius 3 is 2.63 bits per heavy atom. The van der Waals surface area contributed by atoms with Crippen molar-refractivity contribution in [1.29, 1.82) is 0 Å². The molecule has 6 nitrogen and oxygen atoms in total. The quantitative estimate of drug-likeness (QED) is 0.718. The van der Waals surface area contributed by atoms with Crippen molar-refractivity contribution in [2.45, 2.75) is 26.3 Å². The summed E-state index contributed by atoms with van der Waals surface area (Å²) in [5, 5.41) is 6.69. The molecule has 0 aliphatic carbocycles. The van der Waals surface area contributed by atoms with E-state index in [9.17, 15) is 13.6 Å². The number of benzene rings is 1. The number of alkyl halides is 2. The lowest BCUT2D eigenvalue weighted by Crippen LogP contribution is -2.35. The number of nitrogens with one attached hydrogen (secondary N) is 1. The van der Waals surface area contributed by atoms with Gasteiger partial charge in [0.25, 0.3) is 12.3 Å². The number of methoxy groups -OCH3 is 1. The first-order chi connectivity index (χ1) is 12.9. The molecule has 1 N–H and O–H groups in total. The predicted molar refractivity (Wildman–Crippen MR) is 96.9 cm³/mol. The Balaban J connectivity index is 2.09. The minimum atomic E-state index is -2.76. The maximum Gasteiger partial charge on any atom is 0.280 e. The van der Waals surface area contributed by atoms with Crippen LogP contribution in [0.5, 0.6) is 0 Å². The van der Waals surface area contributed by atoms with Crippen LogP contribution in [-0.2, 0) is 4.74 Å². The van der Waals surface area contributed by atoms with E-state index in [1.165, 1.54) is 19.4 Å². The molecule has 0 aliphatic heterocycles. The van der Waals surface area contributed by atoms with Crippen LogP contribution in [0.1, 0.15) is 35.0 Å². The van der Waals surface area contributed by atoms with Crippen LogP contribution in [0, 0.1) is 6.92 Å². The number of carbonyl (C=O) groups excluding carboxylic acids is 1. The van der Waals surface area contributed by atoms with Crippen molar-refractivity contribution < 1.29 is 18.3 Å². The van der Waals surface area contributed by atoms with Crippen molar-refractivity contribution in [3.05, 3.63) is 53.3 Å². The van der Waals surface area contributed by atoms with Crippen molar-refractivity contribution in [3.63, 3.8) is 0 Å². The number of hydrogen-bond acceptors (Lipinski definition) is 4. The van der Waals surface area contributed by atoms with Gasteiger partial charge in [-0.3, -0.25) is 4.79 Å². The van der Waals surface area contributed by atoms with Crippen molar-refractivity contribution in [2.24, 2.45) is 0 Å². The third-order valence-corrected chi connectivity index (χ3v) is 4.11. The average molecular weight is 374 g/mol. The van der Waals surface area contributed by atoms with Crippen molar-refractivity contribution in [3.8, 4) is 11.3 Å². The molecule has 0 saturated heterocycles. The molecule has 8 heteroatoms. The van der Waals surface area contributed by atoms with Gasteiger partial charge in [-0.2, -0.15) is 5.10 Å². The summed E-state index contributed by atoms with van der Waals surface area (Å²) in [6.07, 6.45) is -1.51. The largest absolute Gasteiger partial charge is 0.383 e. The number of carbonyl (C=O) groups is 1. The maximum absolute atomic E-state index is 13.6. The van der Waals surface area contributed by atoms with Crippen LogP contribution in [0.25, 0.3) is 16.9 Å². The summed E-state index contributed by atoms with van der Waals surface area (Å²) in [4.78, 5) is 17.0. The van der Waals surface area contributed by atoms with Crippen LogP contribution in [0.3, 0.4) is 0 Å². The van der Waals surface area contributed by atoms with E-state index in [1.54, 1.807) is 19.1 Å². The van der Waals surface area contributed by atoms with Gasteiger partial charge >= 0.3 is 0 Å². The lowest BCUT2D eigenvalue weighted by atomic mass is 10.1. The van der Waals surface area contributed by atoms with Crippen LogP contribution >= 0.6 is 0 Å². The van der Waals surface area contributed by atoms with Gasteiger partial charge in [0.05, 0.1) is 18.5 Å². The SMILES string of the molecule is COC[C@H](C)NC(=O)c1cnn2c(C(F)F)cc(-c3ccc(C)cc3)nc12. The molecule has 3 aromatic rings. The highest BCUT2D eigenvalue weighted by Crippen LogP contribution is 2.27. The number of amides is 1. The Morgan fingerprint density at radius 2 is 2.00 bits per heavy atom. The fraction of sp³-hybridized carbons (Fsp3) is 0.316. The summed E-state index contributed by atoms with van der Waals surface area (Å²) in [6, 6.07) is 8.41. The van der Waals surface area contributed by atoms with Gasteiger partial charge in [-0.05, 0) is 19.9 Å². The molecule has 3 rings (SSSR count). The first kappa shape index (κ1) is 18.9. The van der Waals surface area contributed by atoms with Crippen LogP contribution in [0.2, 0.25) is 0 Å². The van der Waals surface area contributed by atoms with Crippen LogP contribution in [-0.4, -0.2) is 40.3 Å². The molecule has 0 saturated carbocycles. The lowest BCUT2D eigenvalue weighted by Gasteiger charge is -2.12. The Hall–Kier alpha value is -2.87. The molecular formula is C19H20F2N4O2. The Kier molecular flexibility index (Phi) is 5.46. The molecule has 0 fully saturated rings. The van der Waals surface area contributed by atoms with Gasteiger partial charge < -0.3 is 10.1 Å². The predicted octanol–water partition coefficient (Wildman–Crippen LogP) is 3.41. The van der Waals surface area contributed by atoms with Crippen LogP contribution in [0.4, 0.5) is 8.78 Å². The van der Waals surface area contributed by atoms with Gasteiger partial charge in [-0.25, -0.2) is 18.3 Å². The highest BCUT2D eigenvalue weighted by molar-refractivity contribution is 6.00. The number of aryl methyl sites for hydroxylation is 1. The zero-order valence-corrected chi connectivity index (χ0v) is 15.2. The third-order valence-electron chi connectivity index (χ3n) is 4.11. The van der Waals surface area contributed by atoms with E-state index in [0.29, 0.717) is 17.9 Å². The smallest absolute Gasteiger partial charge is 0.280 e. The molecule has 0 aliphatic rings. The fourth-order valence-electron chi connectivity index (χ4n) is 2.77. The number of ether oxygens (including phenoxy) is 1. The second-order valence-corrected chi connectivity index (χ2v) is 6.36. The van der Waals surface area contributed by atoms with E-state index in [2.05, 4.69) is 15.4 Å². The zero-order chi connectivity index (χ0) is 19.6. The van der Waals surface area contributed by atoms with Gasteiger partial charge in [0.15, 0.2) is 5.65 Å². The zero-order valence-electron chi connectivity index (χ0n) is 15.2. The third kappa shape index (κ3) is 3.95. The summed E-state index contributed by atoms with van der Waals surface area (Å²) < 4.78 is 33.2. The van der Waals surface area contributed by atoms with E-state index in [1.807, 2.05) is 19.1 Å². The lowest BCUT2D eigenvalue weighted by molar-refractivity contribution is 0.0907. The normalized spacial score (nSPS) is 12.5. The number of rotatable bonds is 6. The van der Waals surface area contributed by atoms with Crippen molar-refractivity contribution in [1.82, 2.24) is 19.9 Å². The molecule has 2 aromatic heterocycles. The Morgan fingerprint density at radius 1 is 1.30 bits per heavy atom. The summed E-state index contributed by atoms with van der Waals surface area (Å²) >= 11 is 0. The molecule has 2 heterocycles. The van der Waals surface area contributed by atoms with E-state index >= 15 is 0 Å². The molecule has 0 unspecified atom stereocenters. The molecule has 0 radical (unpaired) electrons. The van der Waals surface area contributed by atoms with Crippen LogP contribution < -0.4 is 5.32 Å². The van der Waals surface area contributed by atoms with Gasteiger partial charge in [-0.1, -0.05) is 29.8 Å². The van der Waals surface area contributed by atoms with Gasteiger partial charge in [0.1, 0.15) is 11.3 Å². The number of halogens is 2. The summed E-state index contributed by atoms with van der Waals surface area (Å²) in [5.41, 5.74) is 1.99. The molecule has 142 valence electrons. The van der Waals surface area contributed by atoms with Gasteiger partial charge in [0.2, 0.25) is 0 Å². The highest BCUT2D eigenvalue weighted by Gasteiger charge is 2.22. The van der Waals surface area contributed by atoms with Gasteiger partial charge in [0, 0.05) is 18.7 Å². The summed E-state index contributed by atoms with van der Waals surface area (Å²) in [7, 11) is 1.53. The molecule has 1 atom stereocenters. The minimum Gasteiger partial charge on any atom is -0.383 e. The van der Waals surface area contributed by atoms with Crippen LogP contribution in [0.15, 0.2) is 36.5 Å². The molecular weight excluding hydrogens is 354 g/mol. The van der Waals surface area contributed by atoms with Crippen molar-refractivity contribution >= 4 is 11.6 Å². The molecule has 1 amide bonds. The van der Waals surface area contributed by atoms with Crippen molar-refractivity contribution in [2.75, 3.05) is 13.7 Å². The second-order valence-electron chi connectivity index (χ2n) is 6.36. The van der Waals surface area contributed by atoms with Gasteiger partial charge in [-0.15, -0.1) is 0 Å². The van der Waals surface area contributed by atoms with E-state index < -0.39 is 12.3 Å². The van der Waals surface area contributed by atoms with E-state index in [4.69, 9.17) is 4.74 Å². The Labute approximate surface area is 155 Å². The average Bonchev–Trinajstić information content (AvgIpc) is 3.05. The maximum atomic E-state index is 13.6. The first-order valence-corrected chi connectivity index (χ1v) is 8.44. The van der Waals surface area contributed by atoms with E-state index in [-0.39, 0.29) is 22.9 Å². The first-order valence-electron chi connectivity index (χ1n) is 8.44. The number of hydrogen-bond donors (Lipinski definition) is 1. The monoisotopic (exact) mass is 374 g/mol. The fourth-order valence-corrected chi connectivity index (χ4v) is 2.77. The molecule has 27 heavy (non-hydrogen) atoms. The number of aromatic nitrogens is 3. The topological polar surface area (TPSA) is 68.5 Å². The highest BCUT2D eigenvalue weighted by atomic mass is 19.3. The Bertz CT molecular complexity index is 954. The standard InChI is InChI=1S/C19H20F2N4O2/c1-11-4-6-13(7-5-11)15-8-16(17(20)21)25-18(24-15)14(9-22-25)19(26)23-12(2)10-27-3/h4-9,12,17H,10H2,1-3H3,(H,23,26)/t12-/m0/s1.